The molecule has 0 fully saturated rings. The fourth-order valence-corrected chi connectivity index (χ4v) is 3.32. The van der Waals surface area contributed by atoms with Gasteiger partial charge in [0, 0.05) is 11.8 Å². The van der Waals surface area contributed by atoms with Crippen LogP contribution in [0.3, 0.4) is 0 Å². The molecule has 6 heteroatoms. The number of nitrogens with zero attached hydrogens (tertiary/aromatic N) is 4. The maximum absolute atomic E-state index is 5.99. The molecule has 0 aliphatic rings. The standard InChI is InChI=1S/C23H25N5O/c1-3-20-15-22(28-23(27-20)25-16-26-28)24-11-12-29-21-10-9-19(13-17(21)2)14-18-7-5-4-6-8-18/h4-10,13,15-16,24H,3,11-12,14H2,1-2H3. The van der Waals surface area contributed by atoms with E-state index in [1.165, 1.54) is 17.5 Å². The Bertz CT molecular complexity index is 1090. The highest BCUT2D eigenvalue weighted by atomic mass is 16.5. The van der Waals surface area contributed by atoms with Crippen LogP contribution in [0.4, 0.5) is 5.82 Å². The summed E-state index contributed by atoms with van der Waals surface area (Å²) in [6.45, 7) is 5.38. The van der Waals surface area contributed by atoms with Crippen molar-refractivity contribution in [3.8, 4) is 5.75 Å². The van der Waals surface area contributed by atoms with Crippen molar-refractivity contribution in [1.29, 1.82) is 0 Å². The Hall–Kier alpha value is -3.41. The van der Waals surface area contributed by atoms with Crippen molar-refractivity contribution in [3.63, 3.8) is 0 Å². The Kier molecular flexibility index (Phi) is 5.70. The minimum absolute atomic E-state index is 0.554. The second kappa shape index (κ2) is 8.73. The normalized spacial score (nSPS) is 11.0. The molecule has 0 amide bonds. The summed E-state index contributed by atoms with van der Waals surface area (Å²) in [5.74, 6) is 2.40. The number of hydrogen-bond donors (Lipinski definition) is 1. The molecule has 2 aromatic heterocycles. The number of ether oxygens (including phenoxy) is 1. The molecule has 0 bridgehead atoms. The van der Waals surface area contributed by atoms with Gasteiger partial charge in [-0.3, -0.25) is 0 Å². The molecule has 0 aliphatic heterocycles. The number of benzene rings is 2. The Morgan fingerprint density at radius 2 is 1.90 bits per heavy atom. The smallest absolute Gasteiger partial charge is 0.254 e. The van der Waals surface area contributed by atoms with E-state index in [-0.39, 0.29) is 0 Å². The molecule has 29 heavy (non-hydrogen) atoms. The van der Waals surface area contributed by atoms with E-state index in [1.54, 1.807) is 4.52 Å². The van der Waals surface area contributed by atoms with E-state index in [9.17, 15) is 0 Å². The number of aryl methyl sites for hydroxylation is 2. The topological polar surface area (TPSA) is 64.3 Å². The first kappa shape index (κ1) is 18.9. The van der Waals surface area contributed by atoms with Gasteiger partial charge in [-0.15, -0.1) is 0 Å². The number of aromatic nitrogens is 4. The van der Waals surface area contributed by atoms with Crippen LogP contribution >= 0.6 is 0 Å². The minimum atomic E-state index is 0.554. The van der Waals surface area contributed by atoms with E-state index in [0.29, 0.717) is 18.9 Å². The number of hydrogen-bond acceptors (Lipinski definition) is 5. The number of anilines is 1. The van der Waals surface area contributed by atoms with Crippen LogP contribution in [0.25, 0.3) is 5.78 Å². The van der Waals surface area contributed by atoms with Gasteiger partial charge in [0.15, 0.2) is 0 Å². The molecule has 2 heterocycles. The monoisotopic (exact) mass is 387 g/mol. The highest BCUT2D eigenvalue weighted by Gasteiger charge is 2.07. The Morgan fingerprint density at radius 1 is 1.03 bits per heavy atom. The highest BCUT2D eigenvalue weighted by molar-refractivity contribution is 5.45. The molecule has 4 rings (SSSR count). The van der Waals surface area contributed by atoms with Crippen LogP contribution in [0.5, 0.6) is 5.75 Å². The molecule has 148 valence electrons. The van der Waals surface area contributed by atoms with Gasteiger partial charge in [0.05, 0.1) is 6.54 Å². The summed E-state index contributed by atoms with van der Waals surface area (Å²) in [5, 5.41) is 7.61. The van der Waals surface area contributed by atoms with E-state index in [1.807, 2.05) is 12.1 Å². The molecule has 0 spiro atoms. The first-order valence-electron chi connectivity index (χ1n) is 9.92. The molecule has 0 unspecified atom stereocenters. The highest BCUT2D eigenvalue weighted by Crippen LogP contribution is 2.21. The van der Waals surface area contributed by atoms with E-state index < -0.39 is 0 Å². The first-order valence-corrected chi connectivity index (χ1v) is 9.92. The van der Waals surface area contributed by atoms with E-state index in [4.69, 9.17) is 4.74 Å². The molecule has 0 saturated heterocycles. The third-order valence-electron chi connectivity index (χ3n) is 4.82. The summed E-state index contributed by atoms with van der Waals surface area (Å²) < 4.78 is 7.70. The predicted molar refractivity (Wildman–Crippen MR) is 115 cm³/mol. The van der Waals surface area contributed by atoms with Crippen molar-refractivity contribution in [1.82, 2.24) is 19.6 Å². The third-order valence-corrected chi connectivity index (χ3v) is 4.82. The SMILES string of the molecule is CCc1cc(NCCOc2ccc(Cc3ccccc3)cc2C)n2ncnc2n1. The van der Waals surface area contributed by atoms with Crippen molar-refractivity contribution in [2.75, 3.05) is 18.5 Å². The molecule has 4 aromatic rings. The van der Waals surface area contributed by atoms with Crippen LogP contribution in [-0.2, 0) is 12.8 Å². The Labute approximate surface area is 170 Å². The molecular weight excluding hydrogens is 362 g/mol. The lowest BCUT2D eigenvalue weighted by atomic mass is 10.0. The Balaban J connectivity index is 1.35. The molecule has 2 aromatic carbocycles. The summed E-state index contributed by atoms with van der Waals surface area (Å²) in [6.07, 6.45) is 3.30. The zero-order chi connectivity index (χ0) is 20.1. The molecule has 0 radical (unpaired) electrons. The van der Waals surface area contributed by atoms with Crippen LogP contribution in [0, 0.1) is 6.92 Å². The zero-order valence-electron chi connectivity index (χ0n) is 16.8. The van der Waals surface area contributed by atoms with Crippen LogP contribution in [-0.4, -0.2) is 32.7 Å². The van der Waals surface area contributed by atoms with Crippen molar-refractivity contribution < 1.29 is 4.74 Å². The molecule has 6 nitrogen and oxygen atoms in total. The summed E-state index contributed by atoms with van der Waals surface area (Å²) in [4.78, 5) is 8.64. The summed E-state index contributed by atoms with van der Waals surface area (Å²) in [5.41, 5.74) is 4.73. The van der Waals surface area contributed by atoms with Crippen molar-refractivity contribution >= 4 is 11.6 Å². The largest absolute Gasteiger partial charge is 0.491 e. The van der Waals surface area contributed by atoms with Crippen LogP contribution in [0.1, 0.15) is 29.3 Å². The Morgan fingerprint density at radius 3 is 2.69 bits per heavy atom. The van der Waals surface area contributed by atoms with Gasteiger partial charge in [-0.25, -0.2) is 4.98 Å². The fraction of sp³-hybridized carbons (Fsp3) is 0.261. The average molecular weight is 387 g/mol. The molecular formula is C23H25N5O. The van der Waals surface area contributed by atoms with Gasteiger partial charge in [0.2, 0.25) is 0 Å². The van der Waals surface area contributed by atoms with Gasteiger partial charge in [0.25, 0.3) is 5.78 Å². The second-order valence-corrected chi connectivity index (χ2v) is 7.00. The minimum Gasteiger partial charge on any atom is -0.491 e. The number of nitrogens with one attached hydrogen (secondary N) is 1. The van der Waals surface area contributed by atoms with Gasteiger partial charge in [0.1, 0.15) is 24.5 Å². The van der Waals surface area contributed by atoms with E-state index >= 15 is 0 Å². The van der Waals surface area contributed by atoms with Crippen molar-refractivity contribution in [2.24, 2.45) is 0 Å². The van der Waals surface area contributed by atoms with E-state index in [0.717, 1.165) is 35.7 Å². The number of fused-ring (bicyclic) bond motifs is 1. The van der Waals surface area contributed by atoms with Crippen LogP contribution < -0.4 is 10.1 Å². The number of rotatable bonds is 8. The van der Waals surface area contributed by atoms with Crippen LogP contribution in [0.15, 0.2) is 60.9 Å². The van der Waals surface area contributed by atoms with Gasteiger partial charge in [-0.1, -0.05) is 49.4 Å². The predicted octanol–water partition coefficient (Wildman–Crippen LogP) is 4.08. The summed E-state index contributed by atoms with van der Waals surface area (Å²) in [6, 6.07) is 18.9. The maximum atomic E-state index is 5.99. The lowest BCUT2D eigenvalue weighted by Gasteiger charge is -2.13. The van der Waals surface area contributed by atoms with Gasteiger partial charge in [-0.05, 0) is 42.5 Å². The maximum Gasteiger partial charge on any atom is 0.254 e. The lowest BCUT2D eigenvalue weighted by Crippen LogP contribution is -2.15. The fourth-order valence-electron chi connectivity index (χ4n) is 3.32. The molecule has 1 N–H and O–H groups in total. The van der Waals surface area contributed by atoms with E-state index in [2.05, 4.69) is 76.7 Å². The molecule has 0 aliphatic carbocycles. The quantitative estimate of drug-likeness (QED) is 0.462. The molecule has 0 atom stereocenters. The van der Waals surface area contributed by atoms with Gasteiger partial charge in [-0.2, -0.15) is 14.6 Å². The van der Waals surface area contributed by atoms with Crippen molar-refractivity contribution in [3.05, 3.63) is 83.3 Å². The average Bonchev–Trinajstić information content (AvgIpc) is 3.22. The molecule has 0 saturated carbocycles. The van der Waals surface area contributed by atoms with Gasteiger partial charge >= 0.3 is 0 Å². The summed E-state index contributed by atoms with van der Waals surface area (Å²) >= 11 is 0. The second-order valence-electron chi connectivity index (χ2n) is 7.00. The third kappa shape index (κ3) is 4.54. The lowest BCUT2D eigenvalue weighted by molar-refractivity contribution is 0.330. The summed E-state index contributed by atoms with van der Waals surface area (Å²) in [7, 11) is 0. The van der Waals surface area contributed by atoms with Crippen molar-refractivity contribution in [2.45, 2.75) is 26.7 Å². The first-order chi connectivity index (χ1) is 14.2. The van der Waals surface area contributed by atoms with Gasteiger partial charge < -0.3 is 10.1 Å². The zero-order valence-corrected chi connectivity index (χ0v) is 16.8. The van der Waals surface area contributed by atoms with Crippen LogP contribution in [0.2, 0.25) is 0 Å².